The van der Waals surface area contributed by atoms with E-state index in [-0.39, 0.29) is 24.5 Å². The van der Waals surface area contributed by atoms with Gasteiger partial charge in [-0.2, -0.15) is 5.10 Å². The van der Waals surface area contributed by atoms with Crippen molar-refractivity contribution >= 4 is 11.6 Å². The molecular weight excluding hydrogens is 256 g/mol. The van der Waals surface area contributed by atoms with E-state index in [1.165, 1.54) is 0 Å². The van der Waals surface area contributed by atoms with Crippen LogP contribution in [-0.4, -0.2) is 38.3 Å². The number of hydrogen-bond acceptors (Lipinski definition) is 4. The van der Waals surface area contributed by atoms with Crippen molar-refractivity contribution < 1.29 is 9.90 Å². The monoisotopic (exact) mass is 276 g/mol. The van der Waals surface area contributed by atoms with Gasteiger partial charge in [-0.15, -0.1) is 0 Å². The quantitative estimate of drug-likeness (QED) is 0.876. The number of rotatable bonds is 4. The zero-order chi connectivity index (χ0) is 14.9. The average molecular weight is 276 g/mol. The Morgan fingerprint density at radius 3 is 2.75 bits per heavy atom. The minimum Gasteiger partial charge on any atom is -0.394 e. The summed E-state index contributed by atoms with van der Waals surface area (Å²) in [6, 6.07) is 1.59. The lowest BCUT2D eigenvalue weighted by atomic mass is 10.0. The fourth-order valence-corrected chi connectivity index (χ4v) is 2.05. The number of nitrogens with one attached hydrogen (secondary N) is 1. The second-order valence-electron chi connectivity index (χ2n) is 5.32. The Labute approximate surface area is 117 Å². The Kier molecular flexibility index (Phi) is 4.04. The number of carbonyl (C=O) groups excluding carboxylic acids is 1. The van der Waals surface area contributed by atoms with Gasteiger partial charge in [-0.1, -0.05) is 13.8 Å². The number of aliphatic hydroxyl groups excluding tert-OH is 1. The fraction of sp³-hybridized carbons (Fsp3) is 0.500. The number of aromatic nitrogens is 3. The zero-order valence-corrected chi connectivity index (χ0v) is 12.2. The van der Waals surface area contributed by atoms with Gasteiger partial charge in [0.25, 0.3) is 5.91 Å². The molecule has 1 atom stereocenters. The molecule has 0 aliphatic carbocycles. The van der Waals surface area contributed by atoms with Crippen molar-refractivity contribution in [2.24, 2.45) is 5.92 Å². The van der Waals surface area contributed by atoms with E-state index in [1.54, 1.807) is 10.7 Å². The number of carbonyl (C=O) groups is 1. The van der Waals surface area contributed by atoms with E-state index in [0.29, 0.717) is 5.56 Å². The number of fused-ring (bicyclic) bond motifs is 1. The highest BCUT2D eigenvalue weighted by molar-refractivity contribution is 5.95. The molecule has 0 radical (unpaired) electrons. The lowest BCUT2D eigenvalue weighted by molar-refractivity contribution is 0.0895. The van der Waals surface area contributed by atoms with Crippen LogP contribution in [0.4, 0.5) is 0 Å². The highest BCUT2D eigenvalue weighted by Gasteiger charge is 2.19. The van der Waals surface area contributed by atoms with Crippen LogP contribution in [0.25, 0.3) is 5.65 Å². The highest BCUT2D eigenvalue weighted by atomic mass is 16.3. The third-order valence-corrected chi connectivity index (χ3v) is 3.41. The van der Waals surface area contributed by atoms with Gasteiger partial charge in [-0.3, -0.25) is 4.79 Å². The van der Waals surface area contributed by atoms with E-state index in [2.05, 4.69) is 15.4 Å². The van der Waals surface area contributed by atoms with Crippen LogP contribution in [0.2, 0.25) is 0 Å². The number of aliphatic hydroxyl groups is 1. The lowest BCUT2D eigenvalue weighted by Crippen LogP contribution is -2.41. The molecule has 0 aromatic carbocycles. The molecule has 0 saturated heterocycles. The molecule has 0 bridgehead atoms. The van der Waals surface area contributed by atoms with E-state index < -0.39 is 0 Å². The van der Waals surface area contributed by atoms with Gasteiger partial charge < -0.3 is 10.4 Å². The SMILES string of the molecule is Cc1cc2ncc(C(=O)N[C@H](CO)C(C)C)c(C)n2n1. The van der Waals surface area contributed by atoms with Gasteiger partial charge in [0.1, 0.15) is 0 Å². The minimum atomic E-state index is -0.267. The summed E-state index contributed by atoms with van der Waals surface area (Å²) < 4.78 is 1.66. The molecular formula is C14H20N4O2. The van der Waals surface area contributed by atoms with Crippen molar-refractivity contribution in [3.05, 3.63) is 29.2 Å². The smallest absolute Gasteiger partial charge is 0.255 e. The van der Waals surface area contributed by atoms with Crippen molar-refractivity contribution in [2.75, 3.05) is 6.61 Å². The average Bonchev–Trinajstić information content (AvgIpc) is 2.77. The van der Waals surface area contributed by atoms with Gasteiger partial charge in [0.15, 0.2) is 5.65 Å². The Morgan fingerprint density at radius 1 is 1.45 bits per heavy atom. The Bertz CT molecular complexity index is 633. The maximum absolute atomic E-state index is 12.3. The molecule has 0 saturated carbocycles. The molecule has 0 unspecified atom stereocenters. The van der Waals surface area contributed by atoms with Crippen LogP contribution >= 0.6 is 0 Å². The van der Waals surface area contributed by atoms with Crippen LogP contribution in [0.3, 0.4) is 0 Å². The summed E-state index contributed by atoms with van der Waals surface area (Å²) in [6.07, 6.45) is 1.55. The summed E-state index contributed by atoms with van der Waals surface area (Å²) in [4.78, 5) is 16.5. The standard InChI is InChI=1S/C14H20N4O2/c1-8(2)12(7-19)16-14(20)11-6-15-13-5-9(3)17-18(13)10(11)4/h5-6,8,12,19H,7H2,1-4H3,(H,16,20)/t12-/m1/s1. The molecule has 2 aromatic heterocycles. The van der Waals surface area contributed by atoms with Crippen molar-refractivity contribution in [1.29, 1.82) is 0 Å². The van der Waals surface area contributed by atoms with E-state index in [1.807, 2.05) is 33.8 Å². The van der Waals surface area contributed by atoms with Gasteiger partial charge in [0.2, 0.25) is 0 Å². The second kappa shape index (κ2) is 5.58. The maximum atomic E-state index is 12.3. The van der Waals surface area contributed by atoms with Gasteiger partial charge in [-0.25, -0.2) is 9.50 Å². The molecule has 6 nitrogen and oxygen atoms in total. The normalized spacial score (nSPS) is 12.9. The van der Waals surface area contributed by atoms with Crippen molar-refractivity contribution in [3.63, 3.8) is 0 Å². The van der Waals surface area contributed by atoms with Crippen molar-refractivity contribution in [2.45, 2.75) is 33.7 Å². The van der Waals surface area contributed by atoms with Gasteiger partial charge in [0, 0.05) is 12.3 Å². The molecule has 2 heterocycles. The van der Waals surface area contributed by atoms with E-state index in [9.17, 15) is 9.90 Å². The maximum Gasteiger partial charge on any atom is 0.255 e. The first-order valence-electron chi connectivity index (χ1n) is 6.67. The molecule has 2 aromatic rings. The molecule has 1 amide bonds. The molecule has 0 aliphatic heterocycles. The van der Waals surface area contributed by atoms with Crippen LogP contribution in [0.5, 0.6) is 0 Å². The summed E-state index contributed by atoms with van der Waals surface area (Å²) in [7, 11) is 0. The third-order valence-electron chi connectivity index (χ3n) is 3.41. The number of amides is 1. The number of hydrogen-bond donors (Lipinski definition) is 2. The predicted molar refractivity (Wildman–Crippen MR) is 75.6 cm³/mol. The zero-order valence-electron chi connectivity index (χ0n) is 12.2. The first-order chi connectivity index (χ1) is 9.43. The molecule has 0 spiro atoms. The molecule has 0 fully saturated rings. The Balaban J connectivity index is 2.32. The highest BCUT2D eigenvalue weighted by Crippen LogP contribution is 2.12. The van der Waals surface area contributed by atoms with Crippen LogP contribution in [0.1, 0.15) is 35.6 Å². The van der Waals surface area contributed by atoms with Crippen LogP contribution < -0.4 is 5.32 Å². The lowest BCUT2D eigenvalue weighted by Gasteiger charge is -2.20. The first kappa shape index (κ1) is 14.5. The minimum absolute atomic E-state index is 0.0843. The summed E-state index contributed by atoms with van der Waals surface area (Å²) in [6.45, 7) is 7.53. The van der Waals surface area contributed by atoms with E-state index in [0.717, 1.165) is 17.0 Å². The number of aryl methyl sites for hydroxylation is 2. The van der Waals surface area contributed by atoms with Crippen LogP contribution in [-0.2, 0) is 0 Å². The van der Waals surface area contributed by atoms with E-state index in [4.69, 9.17) is 0 Å². The second-order valence-corrected chi connectivity index (χ2v) is 5.32. The summed E-state index contributed by atoms with van der Waals surface area (Å²) >= 11 is 0. The molecule has 108 valence electrons. The summed E-state index contributed by atoms with van der Waals surface area (Å²) in [5.74, 6) is -0.0781. The summed E-state index contributed by atoms with van der Waals surface area (Å²) in [5, 5.41) is 16.4. The number of nitrogens with zero attached hydrogens (tertiary/aromatic N) is 3. The molecule has 2 rings (SSSR count). The molecule has 2 N–H and O–H groups in total. The third kappa shape index (κ3) is 2.65. The van der Waals surface area contributed by atoms with Gasteiger partial charge in [-0.05, 0) is 19.8 Å². The topological polar surface area (TPSA) is 79.5 Å². The Morgan fingerprint density at radius 2 is 2.15 bits per heavy atom. The van der Waals surface area contributed by atoms with Crippen molar-refractivity contribution in [1.82, 2.24) is 19.9 Å². The van der Waals surface area contributed by atoms with E-state index >= 15 is 0 Å². The predicted octanol–water partition coefficient (Wildman–Crippen LogP) is 1.09. The molecule has 0 aliphatic rings. The Hall–Kier alpha value is -1.95. The fourth-order valence-electron chi connectivity index (χ4n) is 2.05. The van der Waals surface area contributed by atoms with Gasteiger partial charge >= 0.3 is 0 Å². The van der Waals surface area contributed by atoms with Crippen LogP contribution in [0.15, 0.2) is 12.3 Å². The summed E-state index contributed by atoms with van der Waals surface area (Å²) in [5.41, 5.74) is 2.79. The van der Waals surface area contributed by atoms with Gasteiger partial charge in [0.05, 0.1) is 29.6 Å². The molecule has 6 heteroatoms. The first-order valence-corrected chi connectivity index (χ1v) is 6.67. The largest absolute Gasteiger partial charge is 0.394 e. The van der Waals surface area contributed by atoms with Crippen molar-refractivity contribution in [3.8, 4) is 0 Å². The van der Waals surface area contributed by atoms with Crippen LogP contribution in [0, 0.1) is 19.8 Å². The molecule has 20 heavy (non-hydrogen) atoms.